The number of rotatable bonds is 8. The Morgan fingerprint density at radius 3 is 2.45 bits per heavy atom. The minimum absolute atomic E-state index is 0.361. The van der Waals surface area contributed by atoms with Crippen LogP contribution in [0.2, 0.25) is 0 Å². The molecule has 0 aliphatic rings. The third-order valence-electron chi connectivity index (χ3n) is 4.27. The van der Waals surface area contributed by atoms with Gasteiger partial charge in [-0.3, -0.25) is 4.99 Å². The number of carboxylic acids is 1. The molecule has 0 spiro atoms. The molecule has 0 aromatic heterocycles. The van der Waals surface area contributed by atoms with Crippen LogP contribution in [-0.2, 0) is 4.79 Å². The number of carboxylic acid groups (broad SMARTS) is 1. The van der Waals surface area contributed by atoms with Gasteiger partial charge in [0.25, 0.3) is 0 Å². The molecule has 0 unspecified atom stereocenters. The van der Waals surface area contributed by atoms with Gasteiger partial charge in [-0.25, -0.2) is 4.79 Å². The maximum Gasteiger partial charge on any atom is 0.341 e. The SMILES string of the molecule is CCOc1ccc(-c2cccc(C=Nc3ccc(OCC(=O)O)cc3)c2)c(C)c1. The molecule has 0 saturated carbocycles. The number of carbonyl (C=O) groups is 1. The second kappa shape index (κ2) is 9.55. The van der Waals surface area contributed by atoms with E-state index in [-0.39, 0.29) is 6.61 Å². The number of aryl methyl sites for hydroxylation is 1. The summed E-state index contributed by atoms with van der Waals surface area (Å²) in [5.74, 6) is 0.372. The zero-order chi connectivity index (χ0) is 20.6. The van der Waals surface area contributed by atoms with Crippen molar-refractivity contribution in [3.8, 4) is 22.6 Å². The van der Waals surface area contributed by atoms with Gasteiger partial charge in [-0.15, -0.1) is 0 Å². The van der Waals surface area contributed by atoms with Crippen molar-refractivity contribution in [1.82, 2.24) is 0 Å². The van der Waals surface area contributed by atoms with Gasteiger partial charge in [-0.05, 0) is 78.6 Å². The molecule has 0 aliphatic heterocycles. The van der Waals surface area contributed by atoms with Crippen molar-refractivity contribution in [2.75, 3.05) is 13.2 Å². The number of nitrogens with zero attached hydrogens (tertiary/aromatic N) is 1. The van der Waals surface area contributed by atoms with E-state index < -0.39 is 5.97 Å². The molecule has 148 valence electrons. The van der Waals surface area contributed by atoms with Crippen LogP contribution in [0.4, 0.5) is 5.69 Å². The summed E-state index contributed by atoms with van der Waals surface area (Å²) >= 11 is 0. The first-order valence-electron chi connectivity index (χ1n) is 9.38. The van der Waals surface area contributed by atoms with E-state index in [1.54, 1.807) is 30.5 Å². The number of aliphatic imine (C=N–C) groups is 1. The Balaban J connectivity index is 1.73. The summed E-state index contributed by atoms with van der Waals surface area (Å²) in [6.45, 7) is 4.34. The fourth-order valence-corrected chi connectivity index (χ4v) is 2.93. The van der Waals surface area contributed by atoms with Crippen molar-refractivity contribution in [2.24, 2.45) is 4.99 Å². The molecule has 0 amide bonds. The number of hydrogen-bond donors (Lipinski definition) is 1. The van der Waals surface area contributed by atoms with Gasteiger partial charge in [0.05, 0.1) is 12.3 Å². The normalized spacial score (nSPS) is 10.8. The van der Waals surface area contributed by atoms with E-state index in [1.807, 2.05) is 31.2 Å². The highest BCUT2D eigenvalue weighted by molar-refractivity contribution is 5.85. The predicted molar refractivity (Wildman–Crippen MR) is 115 cm³/mol. The van der Waals surface area contributed by atoms with Gasteiger partial charge >= 0.3 is 5.97 Å². The lowest BCUT2D eigenvalue weighted by atomic mass is 9.99. The van der Waals surface area contributed by atoms with Gasteiger partial charge in [0, 0.05) is 6.21 Å². The van der Waals surface area contributed by atoms with Gasteiger partial charge in [0.15, 0.2) is 6.61 Å². The predicted octanol–water partition coefficient (Wildman–Crippen LogP) is 5.27. The molecule has 0 fully saturated rings. The Hall–Kier alpha value is -3.60. The van der Waals surface area contributed by atoms with E-state index in [9.17, 15) is 4.79 Å². The molecule has 29 heavy (non-hydrogen) atoms. The van der Waals surface area contributed by atoms with E-state index in [1.165, 1.54) is 0 Å². The average molecular weight is 389 g/mol. The number of benzene rings is 3. The molecule has 0 heterocycles. The minimum Gasteiger partial charge on any atom is -0.494 e. The fraction of sp³-hybridized carbons (Fsp3) is 0.167. The molecule has 0 radical (unpaired) electrons. The van der Waals surface area contributed by atoms with Crippen LogP contribution in [0, 0.1) is 6.92 Å². The summed E-state index contributed by atoms with van der Waals surface area (Å²) < 4.78 is 10.7. The molecule has 0 saturated heterocycles. The van der Waals surface area contributed by atoms with Crippen molar-refractivity contribution in [3.05, 3.63) is 77.9 Å². The van der Waals surface area contributed by atoms with E-state index in [0.717, 1.165) is 33.7 Å². The molecule has 5 nitrogen and oxygen atoms in total. The van der Waals surface area contributed by atoms with Gasteiger partial charge in [-0.1, -0.05) is 24.3 Å². The first-order valence-corrected chi connectivity index (χ1v) is 9.38. The second-order valence-corrected chi connectivity index (χ2v) is 6.47. The minimum atomic E-state index is -1.00. The maximum atomic E-state index is 10.5. The molecule has 0 aliphatic carbocycles. The topological polar surface area (TPSA) is 68.1 Å². The highest BCUT2D eigenvalue weighted by Crippen LogP contribution is 2.27. The molecule has 5 heteroatoms. The van der Waals surface area contributed by atoms with Crippen LogP contribution in [-0.4, -0.2) is 30.5 Å². The van der Waals surface area contributed by atoms with Crippen LogP contribution in [0.5, 0.6) is 11.5 Å². The van der Waals surface area contributed by atoms with Crippen LogP contribution in [0.3, 0.4) is 0 Å². The van der Waals surface area contributed by atoms with Gasteiger partial charge in [0.2, 0.25) is 0 Å². The van der Waals surface area contributed by atoms with Crippen LogP contribution in [0.1, 0.15) is 18.1 Å². The summed E-state index contributed by atoms with van der Waals surface area (Å²) in [5.41, 5.74) is 5.18. The van der Waals surface area contributed by atoms with E-state index in [2.05, 4.69) is 30.1 Å². The first-order chi connectivity index (χ1) is 14.0. The van der Waals surface area contributed by atoms with Crippen molar-refractivity contribution in [3.63, 3.8) is 0 Å². The highest BCUT2D eigenvalue weighted by Gasteiger charge is 2.04. The van der Waals surface area contributed by atoms with Crippen molar-refractivity contribution < 1.29 is 19.4 Å². The lowest BCUT2D eigenvalue weighted by molar-refractivity contribution is -0.139. The highest BCUT2D eigenvalue weighted by atomic mass is 16.5. The maximum absolute atomic E-state index is 10.5. The lowest BCUT2D eigenvalue weighted by Crippen LogP contribution is -2.09. The van der Waals surface area contributed by atoms with Crippen LogP contribution in [0.25, 0.3) is 11.1 Å². The fourth-order valence-electron chi connectivity index (χ4n) is 2.93. The Labute approximate surface area is 170 Å². The van der Waals surface area contributed by atoms with Crippen molar-refractivity contribution in [1.29, 1.82) is 0 Å². The van der Waals surface area contributed by atoms with E-state index in [0.29, 0.717) is 12.4 Å². The standard InChI is InChI=1S/C24H23NO4/c1-3-28-22-11-12-23(17(2)13-22)19-6-4-5-18(14-19)15-25-20-7-9-21(10-8-20)29-16-24(26)27/h4-15H,3,16H2,1-2H3,(H,26,27). The summed E-state index contributed by atoms with van der Waals surface area (Å²) in [6, 6.07) is 21.3. The van der Waals surface area contributed by atoms with Crippen molar-refractivity contribution in [2.45, 2.75) is 13.8 Å². The summed E-state index contributed by atoms with van der Waals surface area (Å²) in [4.78, 5) is 15.0. The largest absolute Gasteiger partial charge is 0.494 e. The second-order valence-electron chi connectivity index (χ2n) is 6.47. The zero-order valence-corrected chi connectivity index (χ0v) is 16.5. The molecular formula is C24H23NO4. The molecule has 3 rings (SSSR count). The number of ether oxygens (including phenoxy) is 2. The quantitative estimate of drug-likeness (QED) is 0.533. The van der Waals surface area contributed by atoms with Crippen molar-refractivity contribution >= 4 is 17.9 Å². The lowest BCUT2D eigenvalue weighted by Gasteiger charge is -2.10. The Morgan fingerprint density at radius 1 is 1.00 bits per heavy atom. The molecule has 0 atom stereocenters. The Morgan fingerprint density at radius 2 is 1.76 bits per heavy atom. The average Bonchev–Trinajstić information content (AvgIpc) is 2.72. The Kier molecular flexibility index (Phi) is 6.63. The smallest absolute Gasteiger partial charge is 0.341 e. The Bertz CT molecular complexity index is 1010. The van der Waals surface area contributed by atoms with Gasteiger partial charge in [-0.2, -0.15) is 0 Å². The van der Waals surface area contributed by atoms with Crippen LogP contribution in [0.15, 0.2) is 71.7 Å². The molecule has 3 aromatic rings. The summed E-state index contributed by atoms with van der Waals surface area (Å²) in [6.07, 6.45) is 1.81. The van der Waals surface area contributed by atoms with E-state index >= 15 is 0 Å². The van der Waals surface area contributed by atoms with Gasteiger partial charge < -0.3 is 14.6 Å². The van der Waals surface area contributed by atoms with E-state index in [4.69, 9.17) is 14.6 Å². The monoisotopic (exact) mass is 389 g/mol. The first kappa shape index (κ1) is 20.1. The molecule has 0 bridgehead atoms. The molecule has 1 N–H and O–H groups in total. The molecular weight excluding hydrogens is 366 g/mol. The van der Waals surface area contributed by atoms with Crippen LogP contribution < -0.4 is 9.47 Å². The summed E-state index contributed by atoms with van der Waals surface area (Å²) in [7, 11) is 0. The third kappa shape index (κ3) is 5.69. The number of hydrogen-bond acceptors (Lipinski definition) is 4. The third-order valence-corrected chi connectivity index (χ3v) is 4.27. The van der Waals surface area contributed by atoms with Gasteiger partial charge in [0.1, 0.15) is 11.5 Å². The zero-order valence-electron chi connectivity index (χ0n) is 16.5. The summed E-state index contributed by atoms with van der Waals surface area (Å²) in [5, 5.41) is 8.64. The van der Waals surface area contributed by atoms with Crippen LogP contribution >= 0.6 is 0 Å². The number of aliphatic carboxylic acids is 1. The molecule has 3 aromatic carbocycles.